The van der Waals surface area contributed by atoms with Gasteiger partial charge < -0.3 is 4.18 Å². The summed E-state index contributed by atoms with van der Waals surface area (Å²) in [6, 6.07) is 0. The van der Waals surface area contributed by atoms with Crippen LogP contribution in [-0.4, -0.2) is 13.9 Å². The molecule has 0 aliphatic heterocycles. The van der Waals surface area contributed by atoms with Crippen LogP contribution in [0.25, 0.3) is 0 Å². The van der Waals surface area contributed by atoms with Gasteiger partial charge in [-0.3, -0.25) is 0 Å². The molecular weight excluding hydrogens is 341 g/mol. The molecule has 1 aliphatic carbocycles. The largest absolute Gasteiger partial charge is 0.534 e. The zero-order valence-corrected chi connectivity index (χ0v) is 15.2. The summed E-state index contributed by atoms with van der Waals surface area (Å²) in [4.78, 5) is 0. The molecule has 1 aliphatic rings. The molecular formula is C17H29F3O3S. The van der Waals surface area contributed by atoms with E-state index in [-0.39, 0.29) is 12.2 Å². The minimum Gasteiger partial charge on any atom is -0.381 e. The SMILES string of the molecule is CCCCCCCCCCC1CC=C(OS(=O)(=O)C(F)(F)F)CC1. The van der Waals surface area contributed by atoms with E-state index < -0.39 is 15.6 Å². The van der Waals surface area contributed by atoms with E-state index in [1.165, 1.54) is 51.0 Å². The zero-order chi connectivity index (χ0) is 18.1. The Labute approximate surface area is 143 Å². The van der Waals surface area contributed by atoms with E-state index in [9.17, 15) is 21.6 Å². The summed E-state index contributed by atoms with van der Waals surface area (Å²) >= 11 is 0. The van der Waals surface area contributed by atoms with Gasteiger partial charge in [0.05, 0.1) is 0 Å². The van der Waals surface area contributed by atoms with Crippen molar-refractivity contribution >= 4 is 10.1 Å². The third-order valence-corrected chi connectivity index (χ3v) is 5.44. The lowest BCUT2D eigenvalue weighted by Crippen LogP contribution is -2.26. The summed E-state index contributed by atoms with van der Waals surface area (Å²) in [6.45, 7) is 2.20. The van der Waals surface area contributed by atoms with Crippen LogP contribution < -0.4 is 0 Å². The van der Waals surface area contributed by atoms with E-state index in [4.69, 9.17) is 0 Å². The van der Waals surface area contributed by atoms with Crippen molar-refractivity contribution in [2.45, 2.75) is 89.5 Å². The topological polar surface area (TPSA) is 43.4 Å². The summed E-state index contributed by atoms with van der Waals surface area (Å²) in [5.74, 6) is 0.352. The molecule has 142 valence electrons. The Morgan fingerprint density at radius 2 is 1.67 bits per heavy atom. The lowest BCUT2D eigenvalue weighted by atomic mass is 9.88. The molecule has 24 heavy (non-hydrogen) atoms. The van der Waals surface area contributed by atoms with E-state index in [0.29, 0.717) is 18.8 Å². The molecule has 1 rings (SSSR count). The lowest BCUT2D eigenvalue weighted by Gasteiger charge is -2.22. The standard InChI is InChI=1S/C17H29F3O3S/c1-2-3-4-5-6-7-8-9-10-15-11-13-16(14-12-15)23-24(21,22)17(18,19)20/h13,15H,2-12,14H2,1H3. The minimum atomic E-state index is -5.52. The van der Waals surface area contributed by atoms with Crippen molar-refractivity contribution in [2.75, 3.05) is 0 Å². The van der Waals surface area contributed by atoms with Crippen LogP contribution in [-0.2, 0) is 14.3 Å². The molecule has 0 aromatic rings. The fourth-order valence-electron chi connectivity index (χ4n) is 2.96. The Kier molecular flexibility index (Phi) is 9.16. The van der Waals surface area contributed by atoms with Crippen molar-refractivity contribution in [1.82, 2.24) is 0 Å². The quantitative estimate of drug-likeness (QED) is 0.252. The molecule has 0 aromatic heterocycles. The third kappa shape index (κ3) is 7.90. The molecule has 0 N–H and O–H groups in total. The van der Waals surface area contributed by atoms with E-state index in [2.05, 4.69) is 11.1 Å². The summed E-state index contributed by atoms with van der Waals surface area (Å²) in [6.07, 6.45) is 14.1. The summed E-state index contributed by atoms with van der Waals surface area (Å²) < 4.78 is 62.9. The first-order valence-electron chi connectivity index (χ1n) is 8.96. The van der Waals surface area contributed by atoms with E-state index in [0.717, 1.165) is 12.8 Å². The monoisotopic (exact) mass is 370 g/mol. The first kappa shape index (κ1) is 21.3. The van der Waals surface area contributed by atoms with Crippen molar-refractivity contribution in [3.63, 3.8) is 0 Å². The second-order valence-corrected chi connectivity index (χ2v) is 8.10. The van der Waals surface area contributed by atoms with Crippen molar-refractivity contribution in [3.8, 4) is 0 Å². The molecule has 0 fully saturated rings. The van der Waals surface area contributed by atoms with Crippen LogP contribution in [0, 0.1) is 5.92 Å². The first-order valence-corrected chi connectivity index (χ1v) is 10.4. The number of hydrogen-bond donors (Lipinski definition) is 0. The average Bonchev–Trinajstić information content (AvgIpc) is 2.50. The summed E-state index contributed by atoms with van der Waals surface area (Å²) in [5, 5.41) is 0. The van der Waals surface area contributed by atoms with Gasteiger partial charge in [0.2, 0.25) is 0 Å². The molecule has 1 unspecified atom stereocenters. The highest BCUT2D eigenvalue weighted by Gasteiger charge is 2.48. The molecule has 3 nitrogen and oxygen atoms in total. The Morgan fingerprint density at radius 3 is 2.17 bits per heavy atom. The fourth-order valence-corrected chi connectivity index (χ4v) is 3.49. The number of alkyl halides is 3. The molecule has 0 saturated heterocycles. The second-order valence-electron chi connectivity index (χ2n) is 6.56. The molecule has 0 heterocycles. The highest BCUT2D eigenvalue weighted by atomic mass is 32.2. The molecule has 0 aromatic carbocycles. The predicted molar refractivity (Wildman–Crippen MR) is 88.7 cm³/mol. The average molecular weight is 370 g/mol. The molecule has 0 spiro atoms. The maximum Gasteiger partial charge on any atom is 0.534 e. The van der Waals surface area contributed by atoms with Gasteiger partial charge >= 0.3 is 15.6 Å². The van der Waals surface area contributed by atoms with Crippen LogP contribution in [0.1, 0.15) is 84.0 Å². The number of hydrogen-bond acceptors (Lipinski definition) is 3. The van der Waals surface area contributed by atoms with Gasteiger partial charge in [0, 0.05) is 6.42 Å². The second kappa shape index (κ2) is 10.3. The van der Waals surface area contributed by atoms with Gasteiger partial charge in [0.25, 0.3) is 0 Å². The van der Waals surface area contributed by atoms with Gasteiger partial charge in [0.15, 0.2) is 0 Å². The number of unbranched alkanes of at least 4 members (excludes halogenated alkanes) is 7. The Morgan fingerprint density at radius 1 is 1.08 bits per heavy atom. The summed E-state index contributed by atoms with van der Waals surface area (Å²) in [5.41, 5.74) is -5.36. The molecule has 0 saturated carbocycles. The van der Waals surface area contributed by atoms with Crippen LogP contribution in [0.4, 0.5) is 13.2 Å². The first-order chi connectivity index (χ1) is 11.3. The van der Waals surface area contributed by atoms with Crippen molar-refractivity contribution in [1.29, 1.82) is 0 Å². The van der Waals surface area contributed by atoms with E-state index >= 15 is 0 Å². The predicted octanol–water partition coefficient (Wildman–Crippen LogP) is 6.07. The third-order valence-electron chi connectivity index (χ3n) is 4.44. The van der Waals surface area contributed by atoms with Gasteiger partial charge in [-0.15, -0.1) is 0 Å². The number of rotatable bonds is 11. The Balaban J connectivity index is 2.18. The number of allylic oxidation sites excluding steroid dienone is 2. The highest BCUT2D eigenvalue weighted by molar-refractivity contribution is 7.87. The van der Waals surface area contributed by atoms with Crippen molar-refractivity contribution < 1.29 is 25.8 Å². The van der Waals surface area contributed by atoms with Crippen LogP contribution in [0.5, 0.6) is 0 Å². The Bertz CT molecular complexity index is 484. The fraction of sp³-hybridized carbons (Fsp3) is 0.882. The normalized spacial score (nSPS) is 19.2. The van der Waals surface area contributed by atoms with Crippen LogP contribution in [0.3, 0.4) is 0 Å². The van der Waals surface area contributed by atoms with Gasteiger partial charge in [-0.2, -0.15) is 21.6 Å². The zero-order valence-electron chi connectivity index (χ0n) is 14.4. The maximum atomic E-state index is 12.3. The van der Waals surface area contributed by atoms with Gasteiger partial charge in [-0.1, -0.05) is 64.7 Å². The lowest BCUT2D eigenvalue weighted by molar-refractivity contribution is -0.0524. The van der Waals surface area contributed by atoms with Crippen molar-refractivity contribution in [3.05, 3.63) is 11.8 Å². The molecule has 0 amide bonds. The van der Waals surface area contributed by atoms with Crippen LogP contribution in [0.2, 0.25) is 0 Å². The highest BCUT2D eigenvalue weighted by Crippen LogP contribution is 2.32. The molecule has 0 bridgehead atoms. The van der Waals surface area contributed by atoms with Crippen LogP contribution in [0.15, 0.2) is 11.8 Å². The van der Waals surface area contributed by atoms with Gasteiger partial charge in [-0.05, 0) is 24.8 Å². The molecule has 7 heteroatoms. The van der Waals surface area contributed by atoms with E-state index in [1.807, 2.05) is 0 Å². The minimum absolute atomic E-state index is 0.0699. The molecule has 1 atom stereocenters. The van der Waals surface area contributed by atoms with Crippen LogP contribution >= 0.6 is 0 Å². The molecule has 0 radical (unpaired) electrons. The van der Waals surface area contributed by atoms with Gasteiger partial charge in [0.1, 0.15) is 5.76 Å². The van der Waals surface area contributed by atoms with E-state index in [1.54, 1.807) is 0 Å². The maximum absolute atomic E-state index is 12.3. The van der Waals surface area contributed by atoms with Crippen molar-refractivity contribution in [2.24, 2.45) is 5.92 Å². The summed E-state index contributed by atoms with van der Waals surface area (Å²) in [7, 11) is -5.52. The van der Waals surface area contributed by atoms with Gasteiger partial charge in [-0.25, -0.2) is 0 Å². The Hall–Kier alpha value is -0.720. The smallest absolute Gasteiger partial charge is 0.381 e. The number of halogens is 3.